The molecule has 0 unspecified atom stereocenters. The van der Waals surface area contributed by atoms with Crippen LogP contribution in [0.25, 0.3) is 10.1 Å². The van der Waals surface area contributed by atoms with Crippen LogP contribution in [0, 0.1) is 0 Å². The first-order chi connectivity index (χ1) is 14.7. The monoisotopic (exact) mass is 418 g/mol. The number of ether oxygens (including phenoxy) is 2. The lowest BCUT2D eigenvalue weighted by molar-refractivity contribution is 0.0909. The second kappa shape index (κ2) is 9.11. The highest BCUT2D eigenvalue weighted by Crippen LogP contribution is 2.25. The van der Waals surface area contributed by atoms with Crippen molar-refractivity contribution in [2.75, 3.05) is 0 Å². The summed E-state index contributed by atoms with van der Waals surface area (Å²) < 4.78 is 11.9. The second-order valence-electron chi connectivity index (χ2n) is 6.37. The van der Waals surface area contributed by atoms with E-state index in [9.17, 15) is 9.59 Å². The van der Waals surface area contributed by atoms with Crippen LogP contribution in [-0.2, 0) is 11.3 Å². The molecule has 0 fully saturated rings. The molecule has 0 radical (unpaired) electrons. The number of rotatable bonds is 5. The highest BCUT2D eigenvalue weighted by atomic mass is 32.1. The largest absolute Gasteiger partial charge is 0.457 e. The molecule has 30 heavy (non-hydrogen) atoms. The van der Waals surface area contributed by atoms with Gasteiger partial charge < -0.3 is 9.47 Å². The van der Waals surface area contributed by atoms with Gasteiger partial charge in [-0.25, -0.2) is 10.2 Å². The first kappa shape index (κ1) is 19.5. The molecule has 150 valence electrons. The number of hydrazine groups is 1. The Labute approximate surface area is 177 Å². The lowest BCUT2D eigenvalue weighted by Gasteiger charge is -2.09. The maximum Gasteiger partial charge on any atom is 0.426 e. The minimum atomic E-state index is -0.751. The molecule has 2 amide bonds. The summed E-state index contributed by atoms with van der Waals surface area (Å²) in [5.74, 6) is 0.962. The average Bonchev–Trinajstić information content (AvgIpc) is 3.21. The minimum absolute atomic E-state index is 0.0383. The first-order valence-electron chi connectivity index (χ1n) is 9.21. The van der Waals surface area contributed by atoms with Crippen molar-refractivity contribution >= 4 is 33.4 Å². The highest BCUT2D eigenvalue weighted by Gasteiger charge is 2.11. The van der Waals surface area contributed by atoms with E-state index in [1.165, 1.54) is 11.3 Å². The van der Waals surface area contributed by atoms with E-state index >= 15 is 0 Å². The molecule has 7 heteroatoms. The van der Waals surface area contributed by atoms with Crippen LogP contribution in [0.3, 0.4) is 0 Å². The number of thiophene rings is 1. The van der Waals surface area contributed by atoms with Crippen molar-refractivity contribution in [3.63, 3.8) is 0 Å². The van der Waals surface area contributed by atoms with Crippen molar-refractivity contribution < 1.29 is 19.1 Å². The Kier molecular flexibility index (Phi) is 5.91. The Morgan fingerprint density at radius 2 is 1.57 bits per heavy atom. The zero-order valence-corrected chi connectivity index (χ0v) is 16.6. The molecular formula is C23H18N2O4S. The van der Waals surface area contributed by atoms with Crippen LogP contribution in [0.5, 0.6) is 11.5 Å². The molecule has 1 aromatic heterocycles. The SMILES string of the molecule is O=C(NNC(=O)c1cc2ccccc2s1)OCc1cccc(Oc2ccccc2)c1. The van der Waals surface area contributed by atoms with Crippen molar-refractivity contribution in [2.24, 2.45) is 0 Å². The van der Waals surface area contributed by atoms with Gasteiger partial charge in [0.05, 0.1) is 4.88 Å². The summed E-state index contributed by atoms with van der Waals surface area (Å²) in [6.45, 7) is 0.0383. The number of hydrogen-bond acceptors (Lipinski definition) is 5. The fourth-order valence-electron chi connectivity index (χ4n) is 2.77. The summed E-state index contributed by atoms with van der Waals surface area (Å²) in [6, 6.07) is 26.1. The molecule has 0 spiro atoms. The van der Waals surface area contributed by atoms with E-state index in [0.717, 1.165) is 21.4 Å². The molecular weight excluding hydrogens is 400 g/mol. The van der Waals surface area contributed by atoms with E-state index in [2.05, 4.69) is 10.9 Å². The topological polar surface area (TPSA) is 76.7 Å². The van der Waals surface area contributed by atoms with E-state index in [-0.39, 0.29) is 6.61 Å². The van der Waals surface area contributed by atoms with Crippen LogP contribution in [0.1, 0.15) is 15.2 Å². The highest BCUT2D eigenvalue weighted by molar-refractivity contribution is 7.20. The molecule has 0 saturated heterocycles. The fourth-order valence-corrected chi connectivity index (χ4v) is 3.73. The normalized spacial score (nSPS) is 10.4. The molecule has 6 nitrogen and oxygen atoms in total. The van der Waals surface area contributed by atoms with Gasteiger partial charge in [0.25, 0.3) is 5.91 Å². The number of benzene rings is 3. The van der Waals surface area contributed by atoms with Crippen LogP contribution in [-0.4, -0.2) is 12.0 Å². The maximum absolute atomic E-state index is 12.2. The van der Waals surface area contributed by atoms with Crippen LogP contribution in [0.2, 0.25) is 0 Å². The van der Waals surface area contributed by atoms with Gasteiger partial charge in [0.2, 0.25) is 0 Å². The number of amides is 2. The van der Waals surface area contributed by atoms with Gasteiger partial charge in [-0.3, -0.25) is 10.2 Å². The first-order valence-corrected chi connectivity index (χ1v) is 10.0. The third-order valence-corrected chi connectivity index (χ3v) is 5.29. The number of carbonyl (C=O) groups is 2. The number of para-hydroxylation sites is 1. The third-order valence-electron chi connectivity index (χ3n) is 4.17. The quantitative estimate of drug-likeness (QED) is 0.433. The van der Waals surface area contributed by atoms with Gasteiger partial charge >= 0.3 is 6.09 Å². The fraction of sp³-hybridized carbons (Fsp3) is 0.0435. The van der Waals surface area contributed by atoms with Gasteiger partial charge in [0, 0.05) is 4.70 Å². The summed E-state index contributed by atoms with van der Waals surface area (Å²) in [6.07, 6.45) is -0.751. The Bertz CT molecular complexity index is 1140. The van der Waals surface area contributed by atoms with Crippen molar-refractivity contribution in [3.05, 3.63) is 95.4 Å². The van der Waals surface area contributed by atoms with E-state index < -0.39 is 12.0 Å². The van der Waals surface area contributed by atoms with Gasteiger partial charge in [-0.2, -0.15) is 0 Å². The lowest BCUT2D eigenvalue weighted by Crippen LogP contribution is -2.41. The van der Waals surface area contributed by atoms with Gasteiger partial charge in [-0.05, 0) is 47.3 Å². The van der Waals surface area contributed by atoms with Gasteiger partial charge in [-0.15, -0.1) is 11.3 Å². The average molecular weight is 418 g/mol. The molecule has 0 aliphatic carbocycles. The predicted molar refractivity (Wildman–Crippen MR) is 116 cm³/mol. The molecule has 0 saturated carbocycles. The Balaban J connectivity index is 1.27. The van der Waals surface area contributed by atoms with Crippen molar-refractivity contribution in [1.29, 1.82) is 0 Å². The molecule has 3 aromatic carbocycles. The molecule has 0 atom stereocenters. The van der Waals surface area contributed by atoms with E-state index in [1.54, 1.807) is 12.1 Å². The Morgan fingerprint density at radius 3 is 2.40 bits per heavy atom. The van der Waals surface area contributed by atoms with Crippen molar-refractivity contribution in [3.8, 4) is 11.5 Å². The van der Waals surface area contributed by atoms with Gasteiger partial charge in [0.1, 0.15) is 18.1 Å². The molecule has 2 N–H and O–H groups in total. The van der Waals surface area contributed by atoms with Gasteiger partial charge in [-0.1, -0.05) is 48.5 Å². The maximum atomic E-state index is 12.2. The van der Waals surface area contributed by atoms with Gasteiger partial charge in [0.15, 0.2) is 0 Å². The number of nitrogens with one attached hydrogen (secondary N) is 2. The summed E-state index contributed by atoms with van der Waals surface area (Å²) in [5, 5.41) is 0.979. The molecule has 1 heterocycles. The summed E-state index contributed by atoms with van der Waals surface area (Å²) in [5.41, 5.74) is 5.39. The standard InChI is InChI=1S/C23H18N2O4S/c26-22(21-14-17-8-4-5-12-20(17)30-21)24-25-23(27)28-15-16-7-6-11-19(13-16)29-18-9-2-1-3-10-18/h1-14H,15H2,(H,24,26)(H,25,27). The number of fused-ring (bicyclic) bond motifs is 1. The number of hydrogen-bond donors (Lipinski definition) is 2. The second-order valence-corrected chi connectivity index (χ2v) is 7.45. The van der Waals surface area contributed by atoms with E-state index in [4.69, 9.17) is 9.47 Å². The third kappa shape index (κ3) is 4.95. The molecule has 0 bridgehead atoms. The van der Waals surface area contributed by atoms with E-state index in [0.29, 0.717) is 10.6 Å². The smallest absolute Gasteiger partial charge is 0.426 e. The zero-order chi connectivity index (χ0) is 20.8. The summed E-state index contributed by atoms with van der Waals surface area (Å²) in [4.78, 5) is 24.7. The predicted octanol–water partition coefficient (Wildman–Crippen LogP) is 5.26. The van der Waals surface area contributed by atoms with Crippen LogP contribution in [0.15, 0.2) is 84.9 Å². The summed E-state index contributed by atoms with van der Waals surface area (Å²) >= 11 is 1.35. The van der Waals surface area contributed by atoms with E-state index in [1.807, 2.05) is 72.8 Å². The zero-order valence-electron chi connectivity index (χ0n) is 15.8. The minimum Gasteiger partial charge on any atom is -0.457 e. The van der Waals surface area contributed by atoms with Crippen molar-refractivity contribution in [2.45, 2.75) is 6.61 Å². The van der Waals surface area contributed by atoms with Crippen LogP contribution in [0.4, 0.5) is 4.79 Å². The van der Waals surface area contributed by atoms with Crippen molar-refractivity contribution in [1.82, 2.24) is 10.9 Å². The van der Waals surface area contributed by atoms with Crippen LogP contribution < -0.4 is 15.6 Å². The molecule has 4 rings (SSSR count). The molecule has 4 aromatic rings. The van der Waals surface area contributed by atoms with Crippen LogP contribution >= 0.6 is 11.3 Å². The number of carbonyl (C=O) groups excluding carboxylic acids is 2. The Morgan fingerprint density at radius 1 is 0.800 bits per heavy atom. The molecule has 0 aliphatic heterocycles. The Hall–Kier alpha value is -3.84. The summed E-state index contributed by atoms with van der Waals surface area (Å²) in [7, 11) is 0. The molecule has 0 aliphatic rings. The lowest BCUT2D eigenvalue weighted by atomic mass is 10.2.